The molecule has 0 aliphatic carbocycles. The molecule has 1 aromatic heterocycles. The summed E-state index contributed by atoms with van der Waals surface area (Å²) in [4.78, 5) is 17.2. The number of rotatable bonds is 7. The first-order valence-electron chi connectivity index (χ1n) is 10.9. The van der Waals surface area contributed by atoms with Crippen LogP contribution in [0.2, 0.25) is 0 Å². The Kier molecular flexibility index (Phi) is 7.17. The van der Waals surface area contributed by atoms with Crippen molar-refractivity contribution in [3.63, 3.8) is 0 Å². The van der Waals surface area contributed by atoms with Gasteiger partial charge in [0.15, 0.2) is 0 Å². The quantitative estimate of drug-likeness (QED) is 0.581. The van der Waals surface area contributed by atoms with Gasteiger partial charge in [-0.2, -0.15) is 4.99 Å². The lowest BCUT2D eigenvalue weighted by Crippen LogP contribution is -2.31. The van der Waals surface area contributed by atoms with Crippen molar-refractivity contribution in [1.29, 1.82) is 0 Å². The number of benzene rings is 2. The maximum absolute atomic E-state index is 12.9. The number of hydrogen-bond acceptors (Lipinski definition) is 4. The van der Waals surface area contributed by atoms with E-state index < -0.39 is 15.9 Å². The van der Waals surface area contributed by atoms with Crippen molar-refractivity contribution in [3.05, 3.63) is 95.1 Å². The highest BCUT2D eigenvalue weighted by Gasteiger charge is 2.21. The molecule has 3 aromatic rings. The van der Waals surface area contributed by atoms with Crippen LogP contribution in [0.1, 0.15) is 34.3 Å². The third-order valence-electron chi connectivity index (χ3n) is 5.52. The molecule has 1 fully saturated rings. The fraction of sp³-hybridized carbons (Fsp3) is 0.280. The van der Waals surface area contributed by atoms with Crippen molar-refractivity contribution in [2.24, 2.45) is 4.99 Å². The Morgan fingerprint density at radius 3 is 2.70 bits per heavy atom. The zero-order valence-corrected chi connectivity index (χ0v) is 19.3. The normalized spacial score (nSPS) is 16.8. The summed E-state index contributed by atoms with van der Waals surface area (Å²) in [5, 5.41) is 0. The monoisotopic (exact) mass is 465 g/mol. The molecule has 0 bridgehead atoms. The molecule has 1 atom stereocenters. The summed E-state index contributed by atoms with van der Waals surface area (Å²) < 4.78 is 35.3. The summed E-state index contributed by atoms with van der Waals surface area (Å²) in [6, 6.07) is 19.6. The third kappa shape index (κ3) is 6.04. The standard InChI is InChI=1S/C25H27N3O4S/c1-19-10-12-20(13-11-19)18-28-14-3-2-9-24(28)27-25(29)21-6-4-8-23(16-21)33(30,31)26-17-22-7-5-15-32-22/h2-4,6,8-14,16,22,26H,5,7,15,17-18H2,1H3. The van der Waals surface area contributed by atoms with E-state index in [4.69, 9.17) is 4.74 Å². The average Bonchev–Trinajstić information content (AvgIpc) is 3.34. The van der Waals surface area contributed by atoms with Gasteiger partial charge in [0, 0.05) is 31.5 Å². The van der Waals surface area contributed by atoms with E-state index in [-0.39, 0.29) is 23.1 Å². The first-order chi connectivity index (χ1) is 15.9. The topological polar surface area (TPSA) is 89.8 Å². The minimum absolute atomic E-state index is 0.0298. The molecule has 0 radical (unpaired) electrons. The summed E-state index contributed by atoms with van der Waals surface area (Å²) >= 11 is 0. The Labute approximate surface area is 193 Å². The van der Waals surface area contributed by atoms with Crippen LogP contribution >= 0.6 is 0 Å². The molecule has 0 saturated carbocycles. The number of ether oxygens (including phenoxy) is 1. The maximum atomic E-state index is 12.9. The Bertz CT molecular complexity index is 1290. The summed E-state index contributed by atoms with van der Waals surface area (Å²) in [6.45, 7) is 3.47. The minimum atomic E-state index is -3.76. The van der Waals surface area contributed by atoms with E-state index in [1.807, 2.05) is 54.1 Å². The van der Waals surface area contributed by atoms with E-state index in [1.54, 1.807) is 18.2 Å². The first kappa shape index (κ1) is 23.1. The second-order valence-corrected chi connectivity index (χ2v) is 9.87. The zero-order chi connectivity index (χ0) is 23.3. The molecule has 0 spiro atoms. The largest absolute Gasteiger partial charge is 0.377 e. The molecule has 7 nitrogen and oxygen atoms in total. The lowest BCUT2D eigenvalue weighted by molar-refractivity contribution is 0.0997. The number of aryl methyl sites for hydroxylation is 1. The zero-order valence-electron chi connectivity index (χ0n) is 18.5. The van der Waals surface area contributed by atoms with Gasteiger partial charge in [0.05, 0.1) is 11.0 Å². The molecule has 8 heteroatoms. The van der Waals surface area contributed by atoms with Crippen molar-refractivity contribution < 1.29 is 17.9 Å². The molecule has 1 saturated heterocycles. The van der Waals surface area contributed by atoms with Crippen molar-refractivity contribution in [2.45, 2.75) is 37.3 Å². The Morgan fingerprint density at radius 1 is 1.12 bits per heavy atom. The van der Waals surface area contributed by atoms with E-state index in [1.165, 1.54) is 17.7 Å². The predicted molar refractivity (Wildman–Crippen MR) is 125 cm³/mol. The Hall–Kier alpha value is -3.07. The first-order valence-corrected chi connectivity index (χ1v) is 12.4. The van der Waals surface area contributed by atoms with Crippen LogP contribution in [0.25, 0.3) is 0 Å². The van der Waals surface area contributed by atoms with Crippen molar-refractivity contribution in [1.82, 2.24) is 9.29 Å². The number of aromatic nitrogens is 1. The number of amides is 1. The van der Waals surface area contributed by atoms with E-state index in [0.29, 0.717) is 18.6 Å². The van der Waals surface area contributed by atoms with Crippen molar-refractivity contribution in [3.8, 4) is 0 Å². The molecule has 2 aromatic carbocycles. The van der Waals surface area contributed by atoms with E-state index in [0.717, 1.165) is 18.4 Å². The molecule has 1 aliphatic rings. The van der Waals surface area contributed by atoms with Crippen molar-refractivity contribution in [2.75, 3.05) is 13.2 Å². The highest BCUT2D eigenvalue weighted by Crippen LogP contribution is 2.15. The van der Waals surface area contributed by atoms with Gasteiger partial charge in [-0.15, -0.1) is 0 Å². The van der Waals surface area contributed by atoms with Gasteiger partial charge < -0.3 is 9.30 Å². The molecule has 1 amide bonds. The van der Waals surface area contributed by atoms with Gasteiger partial charge in [-0.05, 0) is 55.7 Å². The molecule has 33 heavy (non-hydrogen) atoms. The number of sulfonamides is 1. The van der Waals surface area contributed by atoms with E-state index in [2.05, 4.69) is 9.71 Å². The van der Waals surface area contributed by atoms with Gasteiger partial charge in [-0.1, -0.05) is 42.0 Å². The van der Waals surface area contributed by atoms with Crippen LogP contribution in [0.3, 0.4) is 0 Å². The molecule has 1 N–H and O–H groups in total. The second-order valence-electron chi connectivity index (χ2n) is 8.10. The van der Waals surface area contributed by atoms with Crippen LogP contribution in [-0.2, 0) is 21.3 Å². The van der Waals surface area contributed by atoms with E-state index >= 15 is 0 Å². The van der Waals surface area contributed by atoms with E-state index in [9.17, 15) is 13.2 Å². The van der Waals surface area contributed by atoms with Crippen LogP contribution in [0.15, 0.2) is 82.8 Å². The summed E-state index contributed by atoms with van der Waals surface area (Å²) in [7, 11) is -3.76. The number of hydrogen-bond donors (Lipinski definition) is 1. The average molecular weight is 466 g/mol. The highest BCUT2D eigenvalue weighted by molar-refractivity contribution is 7.89. The lowest BCUT2D eigenvalue weighted by atomic mass is 10.1. The lowest BCUT2D eigenvalue weighted by Gasteiger charge is -2.11. The van der Waals surface area contributed by atoms with Crippen molar-refractivity contribution >= 4 is 15.9 Å². The van der Waals surface area contributed by atoms with Crippen LogP contribution in [-0.4, -0.2) is 38.1 Å². The number of nitrogens with one attached hydrogen (secondary N) is 1. The van der Waals surface area contributed by atoms with Crippen LogP contribution < -0.4 is 10.2 Å². The second kappa shape index (κ2) is 10.2. The van der Waals surface area contributed by atoms with Crippen LogP contribution in [0, 0.1) is 6.92 Å². The van der Waals surface area contributed by atoms with Gasteiger partial charge in [-0.3, -0.25) is 4.79 Å². The summed E-state index contributed by atoms with van der Waals surface area (Å²) in [5.41, 5.74) is 2.97. The number of carbonyl (C=O) groups is 1. The molecule has 1 aliphatic heterocycles. The molecule has 4 rings (SSSR count). The Balaban J connectivity index is 1.55. The van der Waals surface area contributed by atoms with Gasteiger partial charge >= 0.3 is 0 Å². The fourth-order valence-corrected chi connectivity index (χ4v) is 4.76. The fourth-order valence-electron chi connectivity index (χ4n) is 3.65. The smallest absolute Gasteiger partial charge is 0.278 e. The summed E-state index contributed by atoms with van der Waals surface area (Å²) in [5.74, 6) is -0.505. The maximum Gasteiger partial charge on any atom is 0.278 e. The SMILES string of the molecule is Cc1ccc(Cn2ccccc2=NC(=O)c2cccc(S(=O)(=O)NCC3CCCO3)c2)cc1. The summed E-state index contributed by atoms with van der Waals surface area (Å²) in [6.07, 6.45) is 3.52. The highest BCUT2D eigenvalue weighted by atomic mass is 32.2. The number of pyridine rings is 1. The third-order valence-corrected chi connectivity index (χ3v) is 6.94. The molecule has 172 valence electrons. The van der Waals surface area contributed by atoms with Crippen LogP contribution in [0.5, 0.6) is 0 Å². The van der Waals surface area contributed by atoms with Gasteiger partial charge in [0.25, 0.3) is 5.91 Å². The molecule has 1 unspecified atom stereocenters. The minimum Gasteiger partial charge on any atom is -0.377 e. The van der Waals surface area contributed by atoms with Gasteiger partial charge in [-0.25, -0.2) is 13.1 Å². The van der Waals surface area contributed by atoms with Crippen LogP contribution in [0.4, 0.5) is 0 Å². The number of nitrogens with zero attached hydrogens (tertiary/aromatic N) is 2. The Morgan fingerprint density at radius 2 is 1.94 bits per heavy atom. The predicted octanol–water partition coefficient (Wildman–Crippen LogP) is 3.04. The van der Waals surface area contributed by atoms with Gasteiger partial charge in [0.1, 0.15) is 5.49 Å². The molecular formula is C25H27N3O4S. The van der Waals surface area contributed by atoms with Gasteiger partial charge in [0.2, 0.25) is 10.0 Å². The number of carbonyl (C=O) groups excluding carboxylic acids is 1. The molecule has 2 heterocycles. The molecular weight excluding hydrogens is 438 g/mol.